The van der Waals surface area contributed by atoms with Crippen LogP contribution in [-0.2, 0) is 6.42 Å². The number of halogens is 4. The first-order valence-electron chi connectivity index (χ1n) is 5.82. The number of carbonyl (C=O) groups is 1. The Bertz CT molecular complexity index is 664. The summed E-state index contributed by atoms with van der Waals surface area (Å²) in [5.74, 6) is -2.73. The normalized spacial score (nSPS) is 10.7. The van der Waals surface area contributed by atoms with E-state index in [4.69, 9.17) is 23.2 Å². The molecule has 0 heterocycles. The van der Waals surface area contributed by atoms with Gasteiger partial charge in [0, 0.05) is 16.5 Å². The summed E-state index contributed by atoms with van der Waals surface area (Å²) in [6.45, 7) is 1.43. The summed E-state index contributed by atoms with van der Waals surface area (Å²) in [7, 11) is 0. The lowest BCUT2D eigenvalue weighted by molar-refractivity contribution is 0.0988. The highest BCUT2D eigenvalue weighted by Crippen LogP contribution is 2.26. The number of carbonyl (C=O) groups excluding carboxylic acids is 1. The Morgan fingerprint density at radius 3 is 2.25 bits per heavy atom. The van der Waals surface area contributed by atoms with Crippen molar-refractivity contribution in [2.45, 2.75) is 13.3 Å². The van der Waals surface area contributed by atoms with Crippen LogP contribution in [0.25, 0.3) is 0 Å². The van der Waals surface area contributed by atoms with Crippen LogP contribution in [0.1, 0.15) is 21.5 Å². The van der Waals surface area contributed by atoms with Gasteiger partial charge >= 0.3 is 0 Å². The molecule has 1 nitrogen and oxygen atoms in total. The summed E-state index contributed by atoms with van der Waals surface area (Å²) in [5, 5.41) is 0.637. The lowest BCUT2D eigenvalue weighted by Crippen LogP contribution is -2.09. The zero-order valence-electron chi connectivity index (χ0n) is 10.5. The Labute approximate surface area is 125 Å². The van der Waals surface area contributed by atoms with Gasteiger partial charge in [-0.05, 0) is 36.2 Å². The number of hydrogen-bond donors (Lipinski definition) is 0. The summed E-state index contributed by atoms with van der Waals surface area (Å²) in [5.41, 5.74) is 0.250. The second kappa shape index (κ2) is 5.90. The Morgan fingerprint density at radius 1 is 1.05 bits per heavy atom. The molecular formula is C15H10Cl2F2O. The van der Waals surface area contributed by atoms with Crippen molar-refractivity contribution in [2.24, 2.45) is 0 Å². The molecule has 0 spiro atoms. The average molecular weight is 315 g/mol. The van der Waals surface area contributed by atoms with Crippen molar-refractivity contribution < 1.29 is 13.6 Å². The van der Waals surface area contributed by atoms with E-state index in [1.54, 1.807) is 18.2 Å². The van der Waals surface area contributed by atoms with Crippen molar-refractivity contribution in [3.8, 4) is 0 Å². The Kier molecular flexibility index (Phi) is 4.41. The van der Waals surface area contributed by atoms with E-state index in [0.717, 1.165) is 0 Å². The van der Waals surface area contributed by atoms with Gasteiger partial charge in [0.25, 0.3) is 0 Å². The van der Waals surface area contributed by atoms with E-state index in [2.05, 4.69) is 0 Å². The maximum absolute atomic E-state index is 13.8. The third-order valence-electron chi connectivity index (χ3n) is 2.97. The number of Topliss-reactive ketones (excluding diaryl/α,β-unsaturated/α-hetero) is 1. The van der Waals surface area contributed by atoms with E-state index < -0.39 is 17.4 Å². The smallest absolute Gasteiger partial charge is 0.170 e. The molecule has 0 unspecified atom stereocenters. The molecule has 2 rings (SSSR count). The van der Waals surface area contributed by atoms with Gasteiger partial charge in [0.1, 0.15) is 0 Å². The summed E-state index contributed by atoms with van der Waals surface area (Å²) < 4.78 is 27.2. The molecule has 0 amide bonds. The molecule has 0 aliphatic heterocycles. The highest BCUT2D eigenvalue weighted by molar-refractivity contribution is 6.36. The molecule has 0 aliphatic carbocycles. The highest BCUT2D eigenvalue weighted by Gasteiger charge is 2.19. The first-order valence-corrected chi connectivity index (χ1v) is 6.58. The standard InChI is InChI=1S/C15H10Cl2F2O/c1-8-5-6-9(15(19)14(8)18)13(20)7-10-11(16)3-2-4-12(10)17/h2-6H,7H2,1H3. The SMILES string of the molecule is Cc1ccc(C(=O)Cc2c(Cl)cccc2Cl)c(F)c1F. The Hall–Kier alpha value is -1.45. The molecule has 0 bridgehead atoms. The van der Waals surface area contributed by atoms with Gasteiger partial charge in [-0.1, -0.05) is 35.3 Å². The third-order valence-corrected chi connectivity index (χ3v) is 3.68. The predicted molar refractivity (Wildman–Crippen MR) is 75.6 cm³/mol. The molecule has 0 saturated heterocycles. The maximum Gasteiger partial charge on any atom is 0.170 e. The van der Waals surface area contributed by atoms with E-state index >= 15 is 0 Å². The number of ketones is 1. The van der Waals surface area contributed by atoms with Gasteiger partial charge < -0.3 is 0 Å². The van der Waals surface area contributed by atoms with Gasteiger partial charge in [-0.15, -0.1) is 0 Å². The maximum atomic E-state index is 13.8. The molecule has 0 aliphatic rings. The van der Waals surface area contributed by atoms with Crippen LogP contribution >= 0.6 is 23.2 Å². The molecule has 0 N–H and O–H groups in total. The van der Waals surface area contributed by atoms with Crippen LogP contribution in [0.2, 0.25) is 10.0 Å². The molecule has 5 heteroatoms. The van der Waals surface area contributed by atoms with Crippen LogP contribution in [0.5, 0.6) is 0 Å². The molecule has 0 radical (unpaired) electrons. The first kappa shape index (κ1) is 14.9. The second-order valence-electron chi connectivity index (χ2n) is 4.36. The van der Waals surface area contributed by atoms with E-state index in [1.807, 2.05) is 0 Å². The monoisotopic (exact) mass is 314 g/mol. The van der Waals surface area contributed by atoms with E-state index in [9.17, 15) is 13.6 Å². The molecule has 2 aromatic carbocycles. The fourth-order valence-electron chi connectivity index (χ4n) is 1.82. The van der Waals surface area contributed by atoms with E-state index in [0.29, 0.717) is 15.6 Å². The molecule has 0 aromatic heterocycles. The molecule has 0 saturated carbocycles. The molecule has 0 fully saturated rings. The summed E-state index contributed by atoms with van der Waals surface area (Å²) in [6.07, 6.45) is -0.183. The fraction of sp³-hybridized carbons (Fsp3) is 0.133. The van der Waals surface area contributed by atoms with Crippen LogP contribution in [0.3, 0.4) is 0 Å². The minimum absolute atomic E-state index is 0.148. The largest absolute Gasteiger partial charge is 0.294 e. The van der Waals surface area contributed by atoms with Gasteiger partial charge in [0.2, 0.25) is 0 Å². The first-order chi connectivity index (χ1) is 9.41. The van der Waals surface area contributed by atoms with Crippen LogP contribution in [0.15, 0.2) is 30.3 Å². The Balaban J connectivity index is 2.36. The van der Waals surface area contributed by atoms with Gasteiger partial charge in [-0.3, -0.25) is 4.79 Å². The van der Waals surface area contributed by atoms with Gasteiger partial charge in [-0.2, -0.15) is 0 Å². The van der Waals surface area contributed by atoms with Crippen LogP contribution in [0.4, 0.5) is 8.78 Å². The number of rotatable bonds is 3. The average Bonchev–Trinajstić information content (AvgIpc) is 2.40. The van der Waals surface area contributed by atoms with Crippen LogP contribution in [-0.4, -0.2) is 5.78 Å². The number of aryl methyl sites for hydroxylation is 1. The Morgan fingerprint density at radius 2 is 1.65 bits per heavy atom. The summed E-state index contributed by atoms with van der Waals surface area (Å²) >= 11 is 11.9. The van der Waals surface area contributed by atoms with Crippen molar-refractivity contribution in [3.63, 3.8) is 0 Å². The molecule has 104 valence electrons. The topological polar surface area (TPSA) is 17.1 Å². The fourth-order valence-corrected chi connectivity index (χ4v) is 2.35. The van der Waals surface area contributed by atoms with Crippen molar-refractivity contribution in [3.05, 3.63) is 68.7 Å². The lowest BCUT2D eigenvalue weighted by Gasteiger charge is -2.08. The van der Waals surface area contributed by atoms with Crippen molar-refractivity contribution >= 4 is 29.0 Å². The summed E-state index contributed by atoms with van der Waals surface area (Å²) in [4.78, 5) is 12.1. The summed E-state index contributed by atoms with van der Waals surface area (Å²) in [6, 6.07) is 7.44. The molecule has 20 heavy (non-hydrogen) atoms. The third kappa shape index (κ3) is 2.84. The number of hydrogen-bond acceptors (Lipinski definition) is 1. The molecular weight excluding hydrogens is 305 g/mol. The zero-order valence-corrected chi connectivity index (χ0v) is 12.0. The number of benzene rings is 2. The lowest BCUT2D eigenvalue weighted by atomic mass is 10.0. The van der Waals surface area contributed by atoms with E-state index in [1.165, 1.54) is 19.1 Å². The second-order valence-corrected chi connectivity index (χ2v) is 5.17. The van der Waals surface area contributed by atoms with Crippen molar-refractivity contribution in [2.75, 3.05) is 0 Å². The molecule has 0 atom stereocenters. The highest BCUT2D eigenvalue weighted by atomic mass is 35.5. The zero-order chi connectivity index (χ0) is 14.9. The van der Waals surface area contributed by atoms with Crippen molar-refractivity contribution in [1.82, 2.24) is 0 Å². The van der Waals surface area contributed by atoms with Gasteiger partial charge in [0.05, 0.1) is 5.56 Å². The van der Waals surface area contributed by atoms with Gasteiger partial charge in [0.15, 0.2) is 17.4 Å². The minimum Gasteiger partial charge on any atom is -0.294 e. The predicted octanol–water partition coefficient (Wildman–Crippen LogP) is 5.01. The van der Waals surface area contributed by atoms with Crippen LogP contribution < -0.4 is 0 Å². The molecule has 2 aromatic rings. The van der Waals surface area contributed by atoms with Crippen molar-refractivity contribution in [1.29, 1.82) is 0 Å². The van der Waals surface area contributed by atoms with Crippen LogP contribution in [0, 0.1) is 18.6 Å². The quantitative estimate of drug-likeness (QED) is 0.728. The minimum atomic E-state index is -1.14. The van der Waals surface area contributed by atoms with Gasteiger partial charge in [-0.25, -0.2) is 8.78 Å². The van der Waals surface area contributed by atoms with E-state index in [-0.39, 0.29) is 17.5 Å².